The molecule has 0 saturated carbocycles. The molecular formula is C11H24N2OS. The zero-order valence-corrected chi connectivity index (χ0v) is 10.9. The second-order valence-electron chi connectivity index (χ2n) is 3.69. The van der Waals surface area contributed by atoms with Gasteiger partial charge in [0, 0.05) is 26.6 Å². The summed E-state index contributed by atoms with van der Waals surface area (Å²) in [5.74, 6) is 1.10. The number of carbonyl (C=O) groups excluding carboxylic acids is 1. The van der Waals surface area contributed by atoms with Gasteiger partial charge in [-0.3, -0.25) is 4.79 Å². The van der Waals surface area contributed by atoms with Gasteiger partial charge in [0.25, 0.3) is 0 Å². The molecule has 1 amide bonds. The number of amides is 1. The molecule has 4 heteroatoms. The van der Waals surface area contributed by atoms with E-state index in [1.807, 2.05) is 4.90 Å². The molecule has 0 aromatic rings. The van der Waals surface area contributed by atoms with Crippen LogP contribution in [0.15, 0.2) is 0 Å². The van der Waals surface area contributed by atoms with Crippen molar-refractivity contribution in [1.82, 2.24) is 10.2 Å². The van der Waals surface area contributed by atoms with Crippen LogP contribution in [0.2, 0.25) is 0 Å². The average Bonchev–Trinajstić information content (AvgIpc) is 2.21. The van der Waals surface area contributed by atoms with Crippen molar-refractivity contribution in [2.24, 2.45) is 0 Å². The van der Waals surface area contributed by atoms with Crippen LogP contribution in [-0.4, -0.2) is 42.7 Å². The third kappa shape index (κ3) is 8.75. The summed E-state index contributed by atoms with van der Waals surface area (Å²) in [6.07, 6.45) is 3.31. The van der Waals surface area contributed by atoms with Gasteiger partial charge in [-0.25, -0.2) is 0 Å². The molecule has 0 radical (unpaired) electrons. The molecule has 1 N–H and O–H groups in total. The minimum Gasteiger partial charge on any atom is -0.342 e. The fourth-order valence-electron chi connectivity index (χ4n) is 1.32. The summed E-state index contributed by atoms with van der Waals surface area (Å²) in [5.41, 5.74) is 0. The van der Waals surface area contributed by atoms with E-state index in [-0.39, 0.29) is 5.91 Å². The molecule has 0 aliphatic heterocycles. The first-order valence-electron chi connectivity index (χ1n) is 5.79. The molecule has 0 atom stereocenters. The van der Waals surface area contributed by atoms with Gasteiger partial charge in [0.15, 0.2) is 0 Å². The lowest BCUT2D eigenvalue weighted by Crippen LogP contribution is -2.36. The summed E-state index contributed by atoms with van der Waals surface area (Å²) in [6, 6.07) is 0. The van der Waals surface area contributed by atoms with Gasteiger partial charge >= 0.3 is 0 Å². The molecule has 0 saturated heterocycles. The Kier molecular flexibility index (Phi) is 10.2. The zero-order chi connectivity index (χ0) is 11.5. The van der Waals surface area contributed by atoms with Crippen molar-refractivity contribution in [3.63, 3.8) is 0 Å². The summed E-state index contributed by atoms with van der Waals surface area (Å²) in [7, 11) is 0. The summed E-state index contributed by atoms with van der Waals surface area (Å²) < 4.78 is 0. The van der Waals surface area contributed by atoms with Crippen molar-refractivity contribution in [2.45, 2.75) is 33.1 Å². The number of nitrogens with one attached hydrogen (secondary N) is 1. The normalized spacial score (nSPS) is 10.3. The van der Waals surface area contributed by atoms with E-state index >= 15 is 0 Å². The fourth-order valence-corrected chi connectivity index (χ4v) is 1.48. The van der Waals surface area contributed by atoms with E-state index in [0.29, 0.717) is 0 Å². The van der Waals surface area contributed by atoms with Crippen LogP contribution < -0.4 is 5.32 Å². The molecular weight excluding hydrogens is 208 g/mol. The van der Waals surface area contributed by atoms with E-state index in [4.69, 9.17) is 0 Å². The largest absolute Gasteiger partial charge is 0.342 e. The van der Waals surface area contributed by atoms with Gasteiger partial charge in [0.1, 0.15) is 0 Å². The van der Waals surface area contributed by atoms with Crippen LogP contribution >= 0.6 is 12.6 Å². The first kappa shape index (κ1) is 14.8. The third-order valence-corrected chi connectivity index (χ3v) is 2.61. The molecule has 90 valence electrons. The maximum atomic E-state index is 11.3. The van der Waals surface area contributed by atoms with Gasteiger partial charge in [-0.1, -0.05) is 13.3 Å². The molecule has 0 aromatic heterocycles. The van der Waals surface area contributed by atoms with Crippen LogP contribution in [0.5, 0.6) is 0 Å². The lowest BCUT2D eigenvalue weighted by atomic mass is 10.3. The van der Waals surface area contributed by atoms with E-state index in [1.165, 1.54) is 0 Å². The predicted molar refractivity (Wildman–Crippen MR) is 68.5 cm³/mol. The Morgan fingerprint density at radius 2 is 2.00 bits per heavy atom. The lowest BCUT2D eigenvalue weighted by molar-refractivity contribution is -0.128. The Labute approximate surface area is 99.0 Å². The monoisotopic (exact) mass is 232 g/mol. The Morgan fingerprint density at radius 1 is 1.27 bits per heavy atom. The molecule has 0 unspecified atom stereocenters. The summed E-state index contributed by atoms with van der Waals surface area (Å²) in [6.45, 7) is 7.37. The van der Waals surface area contributed by atoms with Crippen LogP contribution in [0.25, 0.3) is 0 Å². The maximum Gasteiger partial charge on any atom is 0.219 e. The van der Waals surface area contributed by atoms with Gasteiger partial charge in [-0.05, 0) is 25.1 Å². The highest BCUT2D eigenvalue weighted by atomic mass is 32.1. The van der Waals surface area contributed by atoms with Gasteiger partial charge in [0.2, 0.25) is 5.91 Å². The van der Waals surface area contributed by atoms with Crippen LogP contribution in [0.3, 0.4) is 0 Å². The van der Waals surface area contributed by atoms with Gasteiger partial charge in [-0.15, -0.1) is 0 Å². The number of unbranched alkanes of at least 4 members (excludes halogenated alkanes) is 1. The lowest BCUT2D eigenvalue weighted by Gasteiger charge is -2.20. The number of hydrogen-bond donors (Lipinski definition) is 2. The quantitative estimate of drug-likeness (QED) is 0.467. The highest BCUT2D eigenvalue weighted by molar-refractivity contribution is 7.80. The summed E-state index contributed by atoms with van der Waals surface area (Å²) >= 11 is 4.14. The molecule has 0 aliphatic carbocycles. The summed E-state index contributed by atoms with van der Waals surface area (Å²) in [4.78, 5) is 13.2. The zero-order valence-electron chi connectivity index (χ0n) is 9.96. The minimum atomic E-state index is 0.180. The van der Waals surface area contributed by atoms with Gasteiger partial charge < -0.3 is 10.2 Å². The Hall–Kier alpha value is -0.220. The SMILES string of the molecule is CCCCN(CCNCCCS)C(C)=O. The smallest absolute Gasteiger partial charge is 0.219 e. The molecule has 0 aliphatic rings. The Morgan fingerprint density at radius 3 is 2.53 bits per heavy atom. The van der Waals surface area contributed by atoms with Crippen LogP contribution in [0, 0.1) is 0 Å². The number of thiol groups is 1. The molecule has 0 spiro atoms. The van der Waals surface area contributed by atoms with Crippen molar-refractivity contribution in [1.29, 1.82) is 0 Å². The Balaban J connectivity index is 3.53. The van der Waals surface area contributed by atoms with Crippen LogP contribution in [0.1, 0.15) is 33.1 Å². The Bertz CT molecular complexity index is 165. The number of hydrogen-bond acceptors (Lipinski definition) is 3. The van der Waals surface area contributed by atoms with Crippen molar-refractivity contribution < 1.29 is 4.79 Å². The molecule has 0 fully saturated rings. The second kappa shape index (κ2) is 10.3. The third-order valence-electron chi connectivity index (χ3n) is 2.30. The number of carbonyl (C=O) groups is 1. The van der Waals surface area contributed by atoms with E-state index in [9.17, 15) is 4.79 Å². The van der Waals surface area contributed by atoms with Gasteiger partial charge in [-0.2, -0.15) is 12.6 Å². The van der Waals surface area contributed by atoms with E-state index in [0.717, 1.165) is 51.2 Å². The molecule has 15 heavy (non-hydrogen) atoms. The second-order valence-corrected chi connectivity index (χ2v) is 4.13. The van der Waals surface area contributed by atoms with Crippen molar-refractivity contribution in [3.05, 3.63) is 0 Å². The van der Waals surface area contributed by atoms with E-state index in [2.05, 4.69) is 24.9 Å². The number of nitrogens with zero attached hydrogens (tertiary/aromatic N) is 1. The highest BCUT2D eigenvalue weighted by Gasteiger charge is 2.06. The first-order valence-corrected chi connectivity index (χ1v) is 6.42. The maximum absolute atomic E-state index is 11.3. The molecule has 3 nitrogen and oxygen atoms in total. The van der Waals surface area contributed by atoms with E-state index in [1.54, 1.807) is 6.92 Å². The fraction of sp³-hybridized carbons (Fsp3) is 0.909. The molecule has 0 aromatic carbocycles. The van der Waals surface area contributed by atoms with Crippen LogP contribution in [-0.2, 0) is 4.79 Å². The van der Waals surface area contributed by atoms with Gasteiger partial charge in [0.05, 0.1) is 0 Å². The first-order chi connectivity index (χ1) is 7.22. The minimum absolute atomic E-state index is 0.180. The topological polar surface area (TPSA) is 32.3 Å². The summed E-state index contributed by atoms with van der Waals surface area (Å²) in [5, 5.41) is 3.31. The van der Waals surface area contributed by atoms with Crippen molar-refractivity contribution in [3.8, 4) is 0 Å². The van der Waals surface area contributed by atoms with Crippen molar-refractivity contribution in [2.75, 3.05) is 31.9 Å². The van der Waals surface area contributed by atoms with Crippen LogP contribution in [0.4, 0.5) is 0 Å². The van der Waals surface area contributed by atoms with Crippen molar-refractivity contribution >= 4 is 18.5 Å². The molecule has 0 bridgehead atoms. The standard InChI is InChI=1S/C11H24N2OS/c1-3-4-8-13(11(2)14)9-7-12-6-5-10-15/h12,15H,3-10H2,1-2H3. The highest BCUT2D eigenvalue weighted by Crippen LogP contribution is 1.95. The average molecular weight is 232 g/mol. The number of rotatable bonds is 9. The van der Waals surface area contributed by atoms with E-state index < -0.39 is 0 Å². The predicted octanol–water partition coefficient (Wildman–Crippen LogP) is 1.54. The molecule has 0 rings (SSSR count). The molecule has 0 heterocycles.